The molecule has 218 valence electrons. The summed E-state index contributed by atoms with van der Waals surface area (Å²) >= 11 is 2.92. The fourth-order valence-corrected chi connectivity index (χ4v) is 6.64. The summed E-state index contributed by atoms with van der Waals surface area (Å²) in [6, 6.07) is 25.4. The van der Waals surface area contributed by atoms with Gasteiger partial charge in [-0.05, 0) is 51.7 Å². The molecule has 11 heteroatoms. The topological polar surface area (TPSA) is 102 Å². The van der Waals surface area contributed by atoms with E-state index in [-0.39, 0.29) is 17.3 Å². The minimum atomic E-state index is -4.53. The first-order chi connectivity index (χ1) is 20.1. The van der Waals surface area contributed by atoms with Crippen molar-refractivity contribution in [2.24, 2.45) is 0 Å². The van der Waals surface area contributed by atoms with E-state index >= 15 is 0 Å². The summed E-state index contributed by atoms with van der Waals surface area (Å²) in [6.45, 7) is -0.431. The van der Waals surface area contributed by atoms with Crippen molar-refractivity contribution < 1.29 is 31.5 Å². The zero-order valence-corrected chi connectivity index (χ0v) is 24.6. The minimum Gasteiger partial charge on any atom is -0.462 e. The lowest BCUT2D eigenvalue weighted by atomic mass is 10.1. The van der Waals surface area contributed by atoms with Gasteiger partial charge in [-0.25, -0.2) is 26.7 Å². The Labute approximate surface area is 251 Å². The van der Waals surface area contributed by atoms with Crippen LogP contribution in [0.1, 0.15) is 21.5 Å². The number of hydrogen-bond acceptors (Lipinski definition) is 5. The van der Waals surface area contributed by atoms with Crippen LogP contribution in [0, 0.1) is 11.6 Å². The van der Waals surface area contributed by atoms with Crippen molar-refractivity contribution in [1.82, 2.24) is 10.0 Å². The SMILES string of the molecule is O=C(N[C@@H](Cc1ccccc1)C(=O)OC[C@H](Cc1ccccc1)NS(=O)(=O)c1c(F)cc(F)cc1Br)c1ccccc1. The van der Waals surface area contributed by atoms with E-state index in [9.17, 15) is 26.8 Å². The number of amides is 1. The third-order valence-electron chi connectivity index (χ3n) is 6.21. The molecule has 4 rings (SSSR count). The molecular formula is C31H27BrF2N2O5S. The van der Waals surface area contributed by atoms with Gasteiger partial charge in [-0.3, -0.25) is 4.79 Å². The van der Waals surface area contributed by atoms with Crippen LogP contribution in [-0.2, 0) is 32.4 Å². The van der Waals surface area contributed by atoms with Crippen molar-refractivity contribution in [3.63, 3.8) is 0 Å². The van der Waals surface area contributed by atoms with E-state index in [0.29, 0.717) is 11.6 Å². The number of esters is 1. The fourth-order valence-electron chi connectivity index (χ4n) is 4.25. The van der Waals surface area contributed by atoms with E-state index < -0.39 is 57.1 Å². The second-order valence-corrected chi connectivity index (χ2v) is 11.9. The maximum absolute atomic E-state index is 14.6. The van der Waals surface area contributed by atoms with Crippen molar-refractivity contribution in [3.05, 3.63) is 136 Å². The molecule has 4 aromatic rings. The van der Waals surface area contributed by atoms with Crippen LogP contribution in [0.15, 0.2) is 112 Å². The van der Waals surface area contributed by atoms with E-state index in [1.807, 2.05) is 6.07 Å². The summed E-state index contributed by atoms with van der Waals surface area (Å²) in [4.78, 5) is 25.4. The molecule has 2 atom stereocenters. The molecule has 0 unspecified atom stereocenters. The Kier molecular flexibility index (Phi) is 10.6. The summed E-state index contributed by atoms with van der Waals surface area (Å²) in [5.41, 5.74) is 1.84. The van der Waals surface area contributed by atoms with Crippen LogP contribution in [0.25, 0.3) is 0 Å². The van der Waals surface area contributed by atoms with Gasteiger partial charge in [0, 0.05) is 22.5 Å². The Morgan fingerprint density at radius 2 is 1.36 bits per heavy atom. The molecule has 42 heavy (non-hydrogen) atoms. The maximum atomic E-state index is 14.6. The molecule has 0 saturated carbocycles. The molecule has 0 radical (unpaired) electrons. The summed E-state index contributed by atoms with van der Waals surface area (Å²) in [7, 11) is -4.53. The number of carbonyl (C=O) groups is 2. The number of halogens is 3. The Morgan fingerprint density at radius 1 is 0.810 bits per heavy atom. The van der Waals surface area contributed by atoms with Gasteiger partial charge >= 0.3 is 5.97 Å². The molecular weight excluding hydrogens is 630 g/mol. The zero-order chi connectivity index (χ0) is 30.1. The molecule has 2 N–H and O–H groups in total. The van der Waals surface area contributed by atoms with Gasteiger partial charge in [-0.1, -0.05) is 78.9 Å². The quantitative estimate of drug-likeness (QED) is 0.204. The predicted octanol–water partition coefficient (Wildman–Crippen LogP) is 5.20. The van der Waals surface area contributed by atoms with Gasteiger partial charge in [-0.2, -0.15) is 0 Å². The normalized spacial score (nSPS) is 12.7. The van der Waals surface area contributed by atoms with Crippen LogP contribution in [0.3, 0.4) is 0 Å². The van der Waals surface area contributed by atoms with Gasteiger partial charge in [0.15, 0.2) is 0 Å². The third kappa shape index (κ3) is 8.54. The average molecular weight is 658 g/mol. The number of sulfonamides is 1. The van der Waals surface area contributed by atoms with Crippen molar-refractivity contribution in [1.29, 1.82) is 0 Å². The van der Waals surface area contributed by atoms with Crippen LogP contribution >= 0.6 is 15.9 Å². The molecule has 0 spiro atoms. The molecule has 0 heterocycles. The van der Waals surface area contributed by atoms with Gasteiger partial charge in [0.25, 0.3) is 5.91 Å². The zero-order valence-electron chi connectivity index (χ0n) is 22.2. The summed E-state index contributed by atoms with van der Waals surface area (Å²) in [6.07, 6.45) is 0.217. The van der Waals surface area contributed by atoms with E-state index in [2.05, 4.69) is 26.0 Å². The van der Waals surface area contributed by atoms with Gasteiger partial charge in [0.2, 0.25) is 10.0 Å². The van der Waals surface area contributed by atoms with E-state index in [0.717, 1.165) is 17.2 Å². The molecule has 0 aliphatic rings. The summed E-state index contributed by atoms with van der Waals surface area (Å²) in [5, 5.41) is 2.71. The highest BCUT2D eigenvalue weighted by Crippen LogP contribution is 2.26. The lowest BCUT2D eigenvalue weighted by molar-refractivity contribution is -0.146. The van der Waals surface area contributed by atoms with Crippen LogP contribution in [0.5, 0.6) is 0 Å². The summed E-state index contributed by atoms with van der Waals surface area (Å²) < 4.78 is 62.2. The molecule has 0 fully saturated rings. The number of benzene rings is 4. The van der Waals surface area contributed by atoms with E-state index in [4.69, 9.17) is 4.74 Å². The first-order valence-electron chi connectivity index (χ1n) is 12.9. The lowest BCUT2D eigenvalue weighted by Gasteiger charge is -2.22. The molecule has 0 aliphatic carbocycles. The smallest absolute Gasteiger partial charge is 0.329 e. The first kappa shape index (κ1) is 31.0. The number of hydrogen-bond donors (Lipinski definition) is 2. The third-order valence-corrected chi connectivity index (χ3v) is 8.70. The van der Waals surface area contributed by atoms with Crippen molar-refractivity contribution in [2.75, 3.05) is 6.61 Å². The van der Waals surface area contributed by atoms with E-state index in [1.54, 1.807) is 84.9 Å². The van der Waals surface area contributed by atoms with Crippen LogP contribution in [0.2, 0.25) is 0 Å². The first-order valence-corrected chi connectivity index (χ1v) is 15.2. The Bertz CT molecular complexity index is 1600. The number of nitrogens with one attached hydrogen (secondary N) is 2. The molecule has 4 aromatic carbocycles. The monoisotopic (exact) mass is 656 g/mol. The van der Waals surface area contributed by atoms with Crippen LogP contribution in [-0.4, -0.2) is 39.0 Å². The van der Waals surface area contributed by atoms with Gasteiger partial charge in [0.05, 0.1) is 6.04 Å². The Morgan fingerprint density at radius 3 is 1.93 bits per heavy atom. The molecule has 0 bridgehead atoms. The van der Waals surface area contributed by atoms with Crippen molar-refractivity contribution in [3.8, 4) is 0 Å². The molecule has 1 amide bonds. The largest absolute Gasteiger partial charge is 0.462 e. The number of ether oxygens (including phenoxy) is 1. The van der Waals surface area contributed by atoms with Crippen LogP contribution < -0.4 is 10.0 Å². The van der Waals surface area contributed by atoms with Gasteiger partial charge in [0.1, 0.15) is 29.2 Å². The summed E-state index contributed by atoms with van der Waals surface area (Å²) in [5.74, 6) is -3.49. The van der Waals surface area contributed by atoms with Gasteiger partial charge < -0.3 is 10.1 Å². The average Bonchev–Trinajstić information content (AvgIpc) is 2.96. The Hall–Kier alpha value is -3.93. The molecule has 0 saturated heterocycles. The maximum Gasteiger partial charge on any atom is 0.329 e. The van der Waals surface area contributed by atoms with Crippen molar-refractivity contribution >= 4 is 37.8 Å². The molecule has 7 nitrogen and oxygen atoms in total. The second-order valence-electron chi connectivity index (χ2n) is 9.42. The molecule has 0 aliphatic heterocycles. The van der Waals surface area contributed by atoms with Crippen LogP contribution in [0.4, 0.5) is 8.78 Å². The van der Waals surface area contributed by atoms with Crippen molar-refractivity contribution in [2.45, 2.75) is 29.8 Å². The van der Waals surface area contributed by atoms with E-state index in [1.165, 1.54) is 0 Å². The highest BCUT2D eigenvalue weighted by molar-refractivity contribution is 9.10. The minimum absolute atomic E-state index is 0.0908. The predicted molar refractivity (Wildman–Crippen MR) is 157 cm³/mol. The Balaban J connectivity index is 1.55. The molecule has 0 aromatic heterocycles. The highest BCUT2D eigenvalue weighted by atomic mass is 79.9. The number of rotatable bonds is 12. The highest BCUT2D eigenvalue weighted by Gasteiger charge is 2.29. The number of carbonyl (C=O) groups excluding carboxylic acids is 2. The van der Waals surface area contributed by atoms with Gasteiger partial charge in [-0.15, -0.1) is 0 Å². The standard InChI is InChI=1S/C31H27BrF2N2O5S/c32-26-18-24(33)19-27(34)29(26)42(39,40)36-25(16-21-10-4-1-5-11-21)20-41-31(38)28(17-22-12-6-2-7-13-22)35-30(37)23-14-8-3-9-15-23/h1-15,18-19,25,28,36H,16-17,20H2,(H,35,37)/t25-,28-/m0/s1. The fraction of sp³-hybridized carbons (Fsp3) is 0.161. The lowest BCUT2D eigenvalue weighted by Crippen LogP contribution is -2.46. The second kappa shape index (κ2) is 14.3.